The average molecular weight is 472 g/mol. The largest absolute Gasteiger partial charge is 0.507 e. The maximum absolute atomic E-state index is 12.8. The van der Waals surface area contributed by atoms with Crippen LogP contribution in [0, 0.1) is 5.92 Å². The molecule has 0 radical (unpaired) electrons. The van der Waals surface area contributed by atoms with Gasteiger partial charge >= 0.3 is 5.97 Å². The number of carbonyl (C=O) groups is 3. The van der Waals surface area contributed by atoms with Crippen molar-refractivity contribution in [2.45, 2.75) is 57.8 Å². The molecule has 2 aromatic carbocycles. The Hall–Kier alpha value is -3.06. The molecule has 4 rings (SSSR count). The van der Waals surface area contributed by atoms with E-state index in [4.69, 9.17) is 21.4 Å². The molecule has 8 heteroatoms. The summed E-state index contributed by atoms with van der Waals surface area (Å²) in [6, 6.07) is 6.15. The molecule has 0 aromatic heterocycles. The molecule has 0 heterocycles. The SMILES string of the molecule is O=C(O)CC(=O)Nc1cc(Cl)c(Oc2ccc(O)c(C(=O)CC3CCCC3)c2)c2c1CCC2. The van der Waals surface area contributed by atoms with Crippen molar-refractivity contribution in [3.8, 4) is 17.2 Å². The fourth-order valence-electron chi connectivity index (χ4n) is 4.78. The molecule has 1 fully saturated rings. The van der Waals surface area contributed by atoms with Gasteiger partial charge in [0.15, 0.2) is 5.78 Å². The number of phenolic OH excluding ortho intramolecular Hbond substituents is 1. The summed E-state index contributed by atoms with van der Waals surface area (Å²) in [5.41, 5.74) is 2.44. The van der Waals surface area contributed by atoms with Crippen molar-refractivity contribution in [3.63, 3.8) is 0 Å². The molecule has 0 aliphatic heterocycles. The first kappa shape index (κ1) is 23.1. The Morgan fingerprint density at radius 1 is 1.06 bits per heavy atom. The zero-order valence-electron chi connectivity index (χ0n) is 18.2. The van der Waals surface area contributed by atoms with Gasteiger partial charge in [0.05, 0.1) is 10.6 Å². The maximum atomic E-state index is 12.8. The number of ketones is 1. The summed E-state index contributed by atoms with van der Waals surface area (Å²) in [7, 11) is 0. The third kappa shape index (κ3) is 5.30. The van der Waals surface area contributed by atoms with Crippen LogP contribution in [-0.4, -0.2) is 27.9 Å². The molecule has 7 nitrogen and oxygen atoms in total. The second kappa shape index (κ2) is 9.83. The standard InChI is InChI=1S/C25H26ClNO6/c26-19-12-20(27-23(30)13-24(31)32)16-6-3-7-17(16)25(19)33-15-8-9-21(28)18(11-15)22(29)10-14-4-1-2-5-14/h8-9,11-12,14,28H,1-7,10,13H2,(H,27,30)(H,31,32). The van der Waals surface area contributed by atoms with Crippen LogP contribution in [0.3, 0.4) is 0 Å². The molecule has 2 aliphatic rings. The number of rotatable bonds is 8. The number of hydrogen-bond donors (Lipinski definition) is 3. The molecular weight excluding hydrogens is 446 g/mol. The summed E-state index contributed by atoms with van der Waals surface area (Å²) in [5.74, 6) is -0.800. The number of carbonyl (C=O) groups excluding carboxylic acids is 2. The molecule has 0 spiro atoms. The molecule has 3 N–H and O–H groups in total. The van der Waals surface area contributed by atoms with E-state index in [1.165, 1.54) is 6.07 Å². The van der Waals surface area contributed by atoms with E-state index < -0.39 is 18.3 Å². The average Bonchev–Trinajstić information content (AvgIpc) is 3.43. The lowest BCUT2D eigenvalue weighted by molar-refractivity contribution is -0.139. The predicted octanol–water partition coefficient (Wildman–Crippen LogP) is 5.50. The van der Waals surface area contributed by atoms with Gasteiger partial charge in [-0.25, -0.2) is 0 Å². The first-order valence-electron chi connectivity index (χ1n) is 11.2. The van der Waals surface area contributed by atoms with Crippen molar-refractivity contribution in [3.05, 3.63) is 46.0 Å². The third-order valence-electron chi connectivity index (χ3n) is 6.33. The van der Waals surface area contributed by atoms with E-state index in [0.717, 1.165) is 43.2 Å². The molecule has 2 aliphatic carbocycles. The van der Waals surface area contributed by atoms with E-state index in [2.05, 4.69) is 5.32 Å². The van der Waals surface area contributed by atoms with Crippen LogP contribution in [0.15, 0.2) is 24.3 Å². The molecule has 1 saturated carbocycles. The van der Waals surface area contributed by atoms with Crippen molar-refractivity contribution in [1.29, 1.82) is 0 Å². The van der Waals surface area contributed by atoms with Gasteiger partial charge in [0.1, 0.15) is 23.7 Å². The van der Waals surface area contributed by atoms with Crippen molar-refractivity contribution in [2.75, 3.05) is 5.32 Å². The van der Waals surface area contributed by atoms with E-state index >= 15 is 0 Å². The summed E-state index contributed by atoms with van der Waals surface area (Å²) in [4.78, 5) is 35.5. The van der Waals surface area contributed by atoms with E-state index in [9.17, 15) is 19.5 Å². The van der Waals surface area contributed by atoms with Gasteiger partial charge < -0.3 is 20.3 Å². The zero-order chi connectivity index (χ0) is 23.5. The number of amides is 1. The second-order valence-corrected chi connectivity index (χ2v) is 9.13. The summed E-state index contributed by atoms with van der Waals surface area (Å²) < 4.78 is 6.09. The monoisotopic (exact) mass is 471 g/mol. The maximum Gasteiger partial charge on any atom is 0.312 e. The first-order chi connectivity index (χ1) is 15.8. The molecule has 1 amide bonds. The Morgan fingerprint density at radius 2 is 1.79 bits per heavy atom. The summed E-state index contributed by atoms with van der Waals surface area (Å²) in [5, 5.41) is 22.0. The highest BCUT2D eigenvalue weighted by Crippen LogP contribution is 2.44. The molecule has 33 heavy (non-hydrogen) atoms. The second-order valence-electron chi connectivity index (χ2n) is 8.72. The van der Waals surface area contributed by atoms with Crippen molar-refractivity contribution in [2.24, 2.45) is 5.92 Å². The molecule has 174 valence electrons. The summed E-state index contributed by atoms with van der Waals surface area (Å²) in [6.45, 7) is 0. The smallest absolute Gasteiger partial charge is 0.312 e. The van der Waals surface area contributed by atoms with Crippen molar-refractivity contribution in [1.82, 2.24) is 0 Å². The van der Waals surface area contributed by atoms with Gasteiger partial charge in [-0.3, -0.25) is 14.4 Å². The number of anilines is 1. The minimum atomic E-state index is -1.21. The lowest BCUT2D eigenvalue weighted by atomic mass is 9.96. The number of aromatic hydroxyl groups is 1. The number of hydrogen-bond acceptors (Lipinski definition) is 5. The van der Waals surface area contributed by atoms with Crippen LogP contribution < -0.4 is 10.1 Å². The van der Waals surface area contributed by atoms with Crippen LogP contribution in [0.1, 0.15) is 66.4 Å². The van der Waals surface area contributed by atoms with Gasteiger partial charge in [0.2, 0.25) is 5.91 Å². The highest BCUT2D eigenvalue weighted by molar-refractivity contribution is 6.32. The van der Waals surface area contributed by atoms with Crippen LogP contribution in [0.25, 0.3) is 0 Å². The number of phenols is 1. The minimum Gasteiger partial charge on any atom is -0.507 e. The number of fused-ring (bicyclic) bond motifs is 1. The Bertz CT molecular complexity index is 1110. The van der Waals surface area contributed by atoms with Crippen LogP contribution in [-0.2, 0) is 22.4 Å². The highest BCUT2D eigenvalue weighted by Gasteiger charge is 2.25. The topological polar surface area (TPSA) is 113 Å². The zero-order valence-corrected chi connectivity index (χ0v) is 18.9. The fourth-order valence-corrected chi connectivity index (χ4v) is 5.04. The molecule has 0 unspecified atom stereocenters. The predicted molar refractivity (Wildman–Crippen MR) is 123 cm³/mol. The number of benzene rings is 2. The van der Waals surface area contributed by atoms with Crippen molar-refractivity contribution >= 4 is 34.9 Å². The van der Waals surface area contributed by atoms with Gasteiger partial charge in [0, 0.05) is 17.7 Å². The Morgan fingerprint density at radius 3 is 2.52 bits per heavy atom. The molecule has 0 bridgehead atoms. The fraction of sp³-hybridized carbons (Fsp3) is 0.400. The number of nitrogens with one attached hydrogen (secondary N) is 1. The van der Waals surface area contributed by atoms with Gasteiger partial charge in [-0.05, 0) is 55.0 Å². The number of ether oxygens (including phenoxy) is 1. The number of aliphatic carboxylic acids is 1. The Labute approximate surface area is 196 Å². The lowest BCUT2D eigenvalue weighted by Crippen LogP contribution is -2.17. The Kier molecular flexibility index (Phi) is 6.88. The number of carboxylic acids is 1. The third-order valence-corrected chi connectivity index (χ3v) is 6.61. The summed E-state index contributed by atoms with van der Waals surface area (Å²) in [6.07, 6.45) is 6.39. The number of Topliss-reactive ketones (excluding diaryl/α,β-unsaturated/α-hetero) is 1. The van der Waals surface area contributed by atoms with E-state index in [-0.39, 0.29) is 22.1 Å². The van der Waals surface area contributed by atoms with Crippen molar-refractivity contribution < 1.29 is 29.3 Å². The van der Waals surface area contributed by atoms with E-state index in [1.807, 2.05) is 0 Å². The molecule has 0 saturated heterocycles. The highest BCUT2D eigenvalue weighted by atomic mass is 35.5. The van der Waals surface area contributed by atoms with Crippen LogP contribution in [0.4, 0.5) is 5.69 Å². The lowest BCUT2D eigenvalue weighted by Gasteiger charge is -2.17. The van der Waals surface area contributed by atoms with Crippen LogP contribution in [0.5, 0.6) is 17.2 Å². The summed E-state index contributed by atoms with van der Waals surface area (Å²) >= 11 is 6.49. The molecule has 2 aromatic rings. The van der Waals surface area contributed by atoms with E-state index in [1.54, 1.807) is 18.2 Å². The normalized spacial score (nSPS) is 15.3. The first-order valence-corrected chi connectivity index (χ1v) is 11.6. The molecular formula is C25H26ClNO6. The van der Waals surface area contributed by atoms with Gasteiger partial charge in [-0.2, -0.15) is 0 Å². The van der Waals surface area contributed by atoms with Gasteiger partial charge in [-0.15, -0.1) is 0 Å². The van der Waals surface area contributed by atoms with Gasteiger partial charge in [-0.1, -0.05) is 37.3 Å². The Balaban J connectivity index is 1.58. The minimum absolute atomic E-state index is 0.0711. The quantitative estimate of drug-likeness (QED) is 0.346. The van der Waals surface area contributed by atoms with E-state index in [0.29, 0.717) is 42.4 Å². The van der Waals surface area contributed by atoms with Gasteiger partial charge in [0.25, 0.3) is 0 Å². The molecule has 0 atom stereocenters. The van der Waals surface area contributed by atoms with Crippen LogP contribution >= 0.6 is 11.6 Å². The number of carboxylic acid groups (broad SMARTS) is 1. The number of halogens is 1. The van der Waals surface area contributed by atoms with Crippen LogP contribution in [0.2, 0.25) is 5.02 Å².